The summed E-state index contributed by atoms with van der Waals surface area (Å²) in [7, 11) is 0. The van der Waals surface area contributed by atoms with Gasteiger partial charge < -0.3 is 5.73 Å². The van der Waals surface area contributed by atoms with E-state index in [2.05, 4.69) is 29.9 Å². The van der Waals surface area contributed by atoms with Gasteiger partial charge in [-0.15, -0.1) is 0 Å². The summed E-state index contributed by atoms with van der Waals surface area (Å²) in [4.78, 5) is 8.93. The minimum Gasteiger partial charge on any atom is -0.326 e. The normalized spacial score (nSPS) is 10.8. The lowest BCUT2D eigenvalue weighted by Gasteiger charge is -2.09. The first kappa shape index (κ1) is 11.8. The minimum atomic E-state index is 0.540. The van der Waals surface area contributed by atoms with Gasteiger partial charge in [-0.05, 0) is 24.1 Å². The molecule has 0 spiro atoms. The Morgan fingerprint density at radius 3 is 2.71 bits per heavy atom. The summed E-state index contributed by atoms with van der Waals surface area (Å²) in [6.07, 6.45) is 5.56. The van der Waals surface area contributed by atoms with Gasteiger partial charge in [0.15, 0.2) is 0 Å². The number of nitrogens with two attached hydrogens (primary N) is 1. The molecule has 0 amide bonds. The summed E-state index contributed by atoms with van der Waals surface area (Å²) >= 11 is 0. The van der Waals surface area contributed by atoms with Crippen molar-refractivity contribution in [2.24, 2.45) is 5.73 Å². The fourth-order valence-electron chi connectivity index (χ4n) is 1.86. The fraction of sp³-hybridized carbons (Fsp3) is 0.385. The number of rotatable bonds is 4. The van der Waals surface area contributed by atoms with Crippen LogP contribution in [0.4, 0.5) is 0 Å². The molecule has 2 heterocycles. The van der Waals surface area contributed by atoms with Gasteiger partial charge in [0.1, 0.15) is 11.6 Å². The lowest BCUT2D eigenvalue weighted by molar-refractivity contribution is 0.848. The number of hydrogen-bond donors (Lipinski definition) is 1. The number of aromatic nitrogens is 3. The van der Waals surface area contributed by atoms with Gasteiger partial charge in [0.25, 0.3) is 0 Å². The molecule has 0 aliphatic carbocycles. The van der Waals surface area contributed by atoms with Crippen molar-refractivity contribution in [3.63, 3.8) is 0 Å². The van der Waals surface area contributed by atoms with E-state index >= 15 is 0 Å². The van der Waals surface area contributed by atoms with E-state index in [4.69, 9.17) is 5.73 Å². The molecule has 0 radical (unpaired) electrons. The second-order valence-electron chi connectivity index (χ2n) is 3.95. The molecular formula is C13H18N4. The standard InChI is InChI=1S/C13H18N4/c1-3-11-7-10(9-14)8-13(16-11)17-6-5-15-12(17)4-2/h5-8H,3-4,9,14H2,1-2H3. The molecular weight excluding hydrogens is 212 g/mol. The molecule has 0 aromatic carbocycles. The van der Waals surface area contributed by atoms with Crippen molar-refractivity contribution in [1.29, 1.82) is 0 Å². The molecule has 4 heteroatoms. The van der Waals surface area contributed by atoms with Gasteiger partial charge in [0, 0.05) is 31.1 Å². The predicted octanol–water partition coefficient (Wildman–Crippen LogP) is 1.85. The molecule has 2 rings (SSSR count). The van der Waals surface area contributed by atoms with E-state index in [0.29, 0.717) is 6.54 Å². The molecule has 2 aromatic heterocycles. The SMILES string of the molecule is CCc1cc(CN)cc(-n2ccnc2CC)n1. The molecule has 0 fully saturated rings. The molecule has 0 saturated carbocycles. The quantitative estimate of drug-likeness (QED) is 0.872. The van der Waals surface area contributed by atoms with E-state index in [1.165, 1.54) is 0 Å². The molecule has 0 unspecified atom stereocenters. The van der Waals surface area contributed by atoms with Crippen LogP contribution in [-0.4, -0.2) is 14.5 Å². The number of nitrogens with zero attached hydrogens (tertiary/aromatic N) is 3. The van der Waals surface area contributed by atoms with Gasteiger partial charge in [-0.2, -0.15) is 0 Å². The van der Waals surface area contributed by atoms with Crippen molar-refractivity contribution in [1.82, 2.24) is 14.5 Å². The maximum absolute atomic E-state index is 5.71. The second-order valence-corrected chi connectivity index (χ2v) is 3.95. The van der Waals surface area contributed by atoms with Gasteiger partial charge >= 0.3 is 0 Å². The Kier molecular flexibility index (Phi) is 3.54. The van der Waals surface area contributed by atoms with E-state index in [9.17, 15) is 0 Å². The van der Waals surface area contributed by atoms with Gasteiger partial charge in [-0.1, -0.05) is 13.8 Å². The average Bonchev–Trinajstić information content (AvgIpc) is 2.86. The van der Waals surface area contributed by atoms with Crippen LogP contribution in [0.2, 0.25) is 0 Å². The Hall–Kier alpha value is -1.68. The number of hydrogen-bond acceptors (Lipinski definition) is 3. The summed E-state index contributed by atoms with van der Waals surface area (Å²) in [6.45, 7) is 4.73. The monoisotopic (exact) mass is 230 g/mol. The van der Waals surface area contributed by atoms with E-state index < -0.39 is 0 Å². The summed E-state index contributed by atoms with van der Waals surface area (Å²) < 4.78 is 2.03. The number of imidazole rings is 1. The van der Waals surface area contributed by atoms with E-state index in [1.807, 2.05) is 16.8 Å². The van der Waals surface area contributed by atoms with Crippen LogP contribution >= 0.6 is 0 Å². The van der Waals surface area contributed by atoms with Crippen LogP contribution in [0, 0.1) is 0 Å². The van der Waals surface area contributed by atoms with Crippen LogP contribution in [0.5, 0.6) is 0 Å². The first-order valence-corrected chi connectivity index (χ1v) is 6.01. The molecule has 0 saturated heterocycles. The molecule has 90 valence electrons. The fourth-order valence-corrected chi connectivity index (χ4v) is 1.86. The van der Waals surface area contributed by atoms with Crippen LogP contribution in [-0.2, 0) is 19.4 Å². The van der Waals surface area contributed by atoms with Crippen LogP contribution in [0.3, 0.4) is 0 Å². The molecule has 0 bridgehead atoms. The highest BCUT2D eigenvalue weighted by molar-refractivity contribution is 5.32. The summed E-state index contributed by atoms with van der Waals surface area (Å²) in [5.41, 5.74) is 7.90. The lowest BCUT2D eigenvalue weighted by atomic mass is 10.2. The highest BCUT2D eigenvalue weighted by Gasteiger charge is 2.06. The highest BCUT2D eigenvalue weighted by atomic mass is 15.1. The molecule has 17 heavy (non-hydrogen) atoms. The van der Waals surface area contributed by atoms with Gasteiger partial charge in [0.2, 0.25) is 0 Å². The third-order valence-electron chi connectivity index (χ3n) is 2.80. The van der Waals surface area contributed by atoms with Crippen molar-refractivity contribution >= 4 is 0 Å². The van der Waals surface area contributed by atoms with Crippen LogP contribution in [0.15, 0.2) is 24.5 Å². The molecule has 4 nitrogen and oxygen atoms in total. The van der Waals surface area contributed by atoms with Crippen molar-refractivity contribution in [3.8, 4) is 5.82 Å². The smallest absolute Gasteiger partial charge is 0.138 e. The zero-order valence-electron chi connectivity index (χ0n) is 10.3. The maximum atomic E-state index is 5.71. The Bertz CT molecular complexity index is 480. The summed E-state index contributed by atoms with van der Waals surface area (Å²) in [5, 5.41) is 0. The van der Waals surface area contributed by atoms with Crippen molar-refractivity contribution in [2.75, 3.05) is 0 Å². The summed E-state index contributed by atoms with van der Waals surface area (Å²) in [5.74, 6) is 1.94. The highest BCUT2D eigenvalue weighted by Crippen LogP contribution is 2.13. The third-order valence-corrected chi connectivity index (χ3v) is 2.80. The van der Waals surface area contributed by atoms with Crippen molar-refractivity contribution in [3.05, 3.63) is 41.6 Å². The van der Waals surface area contributed by atoms with E-state index in [0.717, 1.165) is 35.7 Å². The summed E-state index contributed by atoms with van der Waals surface area (Å²) in [6, 6.07) is 4.09. The van der Waals surface area contributed by atoms with Crippen LogP contribution in [0.1, 0.15) is 30.9 Å². The molecule has 2 N–H and O–H groups in total. The Balaban J connectivity index is 2.51. The van der Waals surface area contributed by atoms with E-state index in [-0.39, 0.29) is 0 Å². The predicted molar refractivity (Wildman–Crippen MR) is 68.0 cm³/mol. The van der Waals surface area contributed by atoms with Crippen molar-refractivity contribution in [2.45, 2.75) is 33.2 Å². The molecule has 0 aliphatic heterocycles. The third kappa shape index (κ3) is 2.36. The van der Waals surface area contributed by atoms with Crippen LogP contribution in [0.25, 0.3) is 5.82 Å². The maximum Gasteiger partial charge on any atom is 0.138 e. The van der Waals surface area contributed by atoms with Gasteiger partial charge in [0.05, 0.1) is 0 Å². The Morgan fingerprint density at radius 2 is 2.06 bits per heavy atom. The Labute approximate surface area is 102 Å². The topological polar surface area (TPSA) is 56.7 Å². The number of aryl methyl sites for hydroxylation is 2. The first-order chi connectivity index (χ1) is 8.28. The Morgan fingerprint density at radius 1 is 1.24 bits per heavy atom. The van der Waals surface area contributed by atoms with Gasteiger partial charge in [-0.3, -0.25) is 4.57 Å². The zero-order chi connectivity index (χ0) is 12.3. The molecule has 0 atom stereocenters. The average molecular weight is 230 g/mol. The molecule has 2 aromatic rings. The van der Waals surface area contributed by atoms with Crippen LogP contribution < -0.4 is 5.73 Å². The molecule has 0 aliphatic rings. The zero-order valence-corrected chi connectivity index (χ0v) is 10.3. The second kappa shape index (κ2) is 5.10. The largest absolute Gasteiger partial charge is 0.326 e. The minimum absolute atomic E-state index is 0.540. The lowest BCUT2D eigenvalue weighted by Crippen LogP contribution is -2.06. The van der Waals surface area contributed by atoms with E-state index in [1.54, 1.807) is 6.20 Å². The van der Waals surface area contributed by atoms with Gasteiger partial charge in [-0.25, -0.2) is 9.97 Å². The first-order valence-electron chi connectivity index (χ1n) is 6.01. The number of pyridine rings is 1. The van der Waals surface area contributed by atoms with Crippen molar-refractivity contribution < 1.29 is 0 Å².